The second kappa shape index (κ2) is 23.5. The zero-order valence-corrected chi connectivity index (χ0v) is 35.2. The Hall–Kier alpha value is -3.59. The first-order chi connectivity index (χ1) is 26.1. The Morgan fingerprint density at radius 1 is 0.927 bits per heavy atom. The number of likely N-dealkylation sites (tertiary alicyclic amines) is 1. The zero-order chi connectivity index (χ0) is 41.4. The minimum Gasteiger partial charge on any atom is -0.467 e. The molecule has 1 saturated heterocycles. The standard InChI is InChI=1S/C41H70N6O8/c1-12-27(5)36(46(13-2)40(51)30(21-22-42)43-39(50)35(26(3)4)45(7)8)33(53-9)25-34(48)47-23-17-20-32(47)37(54-10)28(6)38(49)44-31(41(52)55-11)24-29-18-15-14-16-19-29/h14-16,18-19,26-28,30-33,35-37H,12-13,17,20-25,42H2,1-11H3,(H,43,50)(H,44,49)/t27-,28+,30-,31-,32-,33+,35-,36-,37+/m0/s1. The fourth-order valence-electron chi connectivity index (χ4n) is 8.05. The van der Waals surface area contributed by atoms with Crippen LogP contribution < -0.4 is 16.4 Å². The highest BCUT2D eigenvalue weighted by molar-refractivity contribution is 5.90. The molecule has 55 heavy (non-hydrogen) atoms. The molecule has 0 bridgehead atoms. The van der Waals surface area contributed by atoms with Crippen molar-refractivity contribution in [2.45, 2.75) is 122 Å². The van der Waals surface area contributed by atoms with Crippen molar-refractivity contribution < 1.29 is 38.2 Å². The largest absolute Gasteiger partial charge is 0.467 e. The van der Waals surface area contributed by atoms with Crippen LogP contribution in [0, 0.1) is 17.8 Å². The molecule has 0 aromatic heterocycles. The van der Waals surface area contributed by atoms with Gasteiger partial charge in [0.1, 0.15) is 12.1 Å². The van der Waals surface area contributed by atoms with Gasteiger partial charge in [0.2, 0.25) is 23.6 Å². The molecule has 14 heteroatoms. The van der Waals surface area contributed by atoms with Crippen molar-refractivity contribution in [1.29, 1.82) is 0 Å². The Bertz CT molecular complexity index is 1360. The number of methoxy groups -OCH3 is 3. The van der Waals surface area contributed by atoms with Gasteiger partial charge in [0, 0.05) is 33.7 Å². The molecule has 1 heterocycles. The zero-order valence-electron chi connectivity index (χ0n) is 35.2. The van der Waals surface area contributed by atoms with Gasteiger partial charge in [-0.25, -0.2) is 4.79 Å². The number of nitrogens with one attached hydrogen (secondary N) is 2. The summed E-state index contributed by atoms with van der Waals surface area (Å²) in [7, 11) is 8.04. The van der Waals surface area contributed by atoms with E-state index in [4.69, 9.17) is 19.9 Å². The summed E-state index contributed by atoms with van der Waals surface area (Å²) in [5.74, 6) is -2.36. The van der Waals surface area contributed by atoms with Crippen molar-refractivity contribution in [3.8, 4) is 0 Å². The minimum atomic E-state index is -0.896. The molecule has 2 rings (SSSR count). The predicted octanol–water partition coefficient (Wildman–Crippen LogP) is 2.62. The first kappa shape index (κ1) is 47.6. The summed E-state index contributed by atoms with van der Waals surface area (Å²) in [5.41, 5.74) is 6.84. The van der Waals surface area contributed by atoms with E-state index in [1.54, 1.807) is 23.8 Å². The van der Waals surface area contributed by atoms with Gasteiger partial charge in [-0.05, 0) is 64.2 Å². The summed E-state index contributed by atoms with van der Waals surface area (Å²) < 4.78 is 17.0. The summed E-state index contributed by atoms with van der Waals surface area (Å²) in [5, 5.41) is 5.85. The molecule has 1 aromatic carbocycles. The molecule has 0 unspecified atom stereocenters. The monoisotopic (exact) mass is 775 g/mol. The van der Waals surface area contributed by atoms with Crippen LogP contribution >= 0.6 is 0 Å². The number of ether oxygens (including phenoxy) is 3. The number of likely N-dealkylation sites (N-methyl/N-ethyl adjacent to an activating group) is 2. The van der Waals surface area contributed by atoms with Crippen LogP contribution in [-0.2, 0) is 44.6 Å². The van der Waals surface area contributed by atoms with E-state index in [0.29, 0.717) is 25.9 Å². The maximum atomic E-state index is 14.4. The number of rotatable bonds is 23. The van der Waals surface area contributed by atoms with Gasteiger partial charge in [-0.15, -0.1) is 0 Å². The van der Waals surface area contributed by atoms with Crippen LogP contribution in [0.1, 0.15) is 79.2 Å². The van der Waals surface area contributed by atoms with E-state index < -0.39 is 54.3 Å². The van der Waals surface area contributed by atoms with Crippen molar-refractivity contribution in [2.24, 2.45) is 23.5 Å². The Labute approximate surface area is 329 Å². The van der Waals surface area contributed by atoms with E-state index in [1.165, 1.54) is 14.2 Å². The lowest BCUT2D eigenvalue weighted by atomic mass is 9.89. The van der Waals surface area contributed by atoms with Gasteiger partial charge >= 0.3 is 5.97 Å². The fraction of sp³-hybridized carbons (Fsp3) is 0.732. The lowest BCUT2D eigenvalue weighted by molar-refractivity contribution is -0.149. The van der Waals surface area contributed by atoms with E-state index in [0.717, 1.165) is 12.0 Å². The van der Waals surface area contributed by atoms with E-state index in [2.05, 4.69) is 10.6 Å². The summed E-state index contributed by atoms with van der Waals surface area (Å²) in [6, 6.07) is 6.32. The summed E-state index contributed by atoms with van der Waals surface area (Å²) in [6.07, 6.45) is 1.27. The summed E-state index contributed by atoms with van der Waals surface area (Å²) in [6.45, 7) is 12.6. The van der Waals surface area contributed by atoms with E-state index in [1.807, 2.05) is 83.9 Å². The molecule has 0 saturated carbocycles. The van der Waals surface area contributed by atoms with Gasteiger partial charge in [0.05, 0.1) is 49.8 Å². The number of nitrogens with zero attached hydrogens (tertiary/aromatic N) is 3. The Morgan fingerprint density at radius 2 is 1.56 bits per heavy atom. The number of amides is 4. The second-order valence-electron chi connectivity index (χ2n) is 15.3. The normalized spacial score (nSPS) is 18.8. The molecule has 0 aliphatic carbocycles. The average molecular weight is 775 g/mol. The highest BCUT2D eigenvalue weighted by Crippen LogP contribution is 2.30. The Balaban J connectivity index is 2.32. The minimum absolute atomic E-state index is 0.00570. The molecule has 4 N–H and O–H groups in total. The SMILES string of the molecule is CC[C@H](C)[C@@H]([C@@H](CC(=O)N1CCC[C@H]1[C@H](OC)[C@@H](C)C(=O)N[C@@H](Cc1ccccc1)C(=O)OC)OC)N(CC)C(=O)[C@H](CCN)NC(=O)[C@H](C(C)C)N(C)C. The third-order valence-electron chi connectivity index (χ3n) is 11.1. The maximum absolute atomic E-state index is 14.4. The van der Waals surface area contributed by atoms with E-state index >= 15 is 0 Å². The highest BCUT2D eigenvalue weighted by atomic mass is 16.5. The topological polar surface area (TPSA) is 173 Å². The van der Waals surface area contributed by atoms with Crippen LogP contribution in [0.15, 0.2) is 30.3 Å². The predicted molar refractivity (Wildman–Crippen MR) is 213 cm³/mol. The summed E-state index contributed by atoms with van der Waals surface area (Å²) >= 11 is 0. The van der Waals surface area contributed by atoms with Crippen molar-refractivity contribution in [3.05, 3.63) is 35.9 Å². The third-order valence-corrected chi connectivity index (χ3v) is 11.1. The van der Waals surface area contributed by atoms with Crippen LogP contribution in [0.2, 0.25) is 0 Å². The van der Waals surface area contributed by atoms with Crippen LogP contribution in [0.5, 0.6) is 0 Å². The molecular weight excluding hydrogens is 704 g/mol. The van der Waals surface area contributed by atoms with Crippen LogP contribution in [0.3, 0.4) is 0 Å². The molecule has 312 valence electrons. The van der Waals surface area contributed by atoms with Gasteiger partial charge in [0.25, 0.3) is 0 Å². The van der Waals surface area contributed by atoms with Gasteiger partial charge < -0.3 is 40.4 Å². The molecule has 1 fully saturated rings. The van der Waals surface area contributed by atoms with Crippen LogP contribution in [-0.4, -0.2) is 142 Å². The molecule has 1 aromatic rings. The molecule has 14 nitrogen and oxygen atoms in total. The highest BCUT2D eigenvalue weighted by Gasteiger charge is 2.43. The van der Waals surface area contributed by atoms with Gasteiger partial charge in [-0.1, -0.05) is 71.4 Å². The second-order valence-corrected chi connectivity index (χ2v) is 15.3. The molecule has 1 aliphatic rings. The number of hydrogen-bond donors (Lipinski definition) is 3. The number of esters is 1. The van der Waals surface area contributed by atoms with Crippen molar-refractivity contribution in [3.63, 3.8) is 0 Å². The number of carbonyl (C=O) groups excluding carboxylic acids is 5. The lowest BCUT2D eigenvalue weighted by Gasteiger charge is -2.42. The van der Waals surface area contributed by atoms with Crippen LogP contribution in [0.4, 0.5) is 0 Å². The molecule has 4 amide bonds. The molecule has 0 spiro atoms. The van der Waals surface area contributed by atoms with Gasteiger partial charge in [-0.3, -0.25) is 24.1 Å². The average Bonchev–Trinajstić information content (AvgIpc) is 3.64. The van der Waals surface area contributed by atoms with Crippen molar-refractivity contribution in [2.75, 3.05) is 55.1 Å². The Kier molecular flexibility index (Phi) is 20.3. The van der Waals surface area contributed by atoms with Crippen molar-refractivity contribution >= 4 is 29.6 Å². The van der Waals surface area contributed by atoms with Crippen LogP contribution in [0.25, 0.3) is 0 Å². The van der Waals surface area contributed by atoms with E-state index in [9.17, 15) is 24.0 Å². The van der Waals surface area contributed by atoms with Gasteiger partial charge in [-0.2, -0.15) is 0 Å². The van der Waals surface area contributed by atoms with E-state index in [-0.39, 0.29) is 61.3 Å². The van der Waals surface area contributed by atoms with Gasteiger partial charge in [0.15, 0.2) is 0 Å². The number of benzene rings is 1. The fourth-order valence-corrected chi connectivity index (χ4v) is 8.05. The summed E-state index contributed by atoms with van der Waals surface area (Å²) in [4.78, 5) is 73.8. The first-order valence-electron chi connectivity index (χ1n) is 19.9. The Morgan fingerprint density at radius 3 is 2.07 bits per heavy atom. The van der Waals surface area contributed by atoms with Crippen molar-refractivity contribution in [1.82, 2.24) is 25.3 Å². The lowest BCUT2D eigenvalue weighted by Crippen LogP contribution is -2.60. The maximum Gasteiger partial charge on any atom is 0.328 e. The number of nitrogens with two attached hydrogens (primary N) is 1. The third kappa shape index (κ3) is 13.0. The molecule has 1 aliphatic heterocycles. The molecule has 9 atom stereocenters. The molecule has 0 radical (unpaired) electrons. The first-order valence-corrected chi connectivity index (χ1v) is 19.9. The smallest absolute Gasteiger partial charge is 0.328 e. The quantitative estimate of drug-likeness (QED) is 0.140. The molecular formula is C41H70N6O8. The number of carbonyl (C=O) groups is 5. The number of hydrogen-bond acceptors (Lipinski definition) is 10.